The molecule has 0 aliphatic heterocycles. The normalized spacial score (nSPS) is 9.77. The standard InChI is InChI=1S/C11H18N2OS.C7H8O.C3H8/c1-2-13(9-3-8-12)15-11-6-4-10(14)5-7-11;1-6-2-4-7(8)5-3-6;1-3-2/h4-7,14H,2-3,8-9,12H2,1H3;2-5,8H,1H3;3H2,1-2H3. The monoisotopic (exact) mass is 378 g/mol. The fourth-order valence-electron chi connectivity index (χ4n) is 1.74. The number of nitrogens with two attached hydrogens (primary N) is 1. The van der Waals surface area contributed by atoms with Gasteiger partial charge in [0.05, 0.1) is 0 Å². The summed E-state index contributed by atoms with van der Waals surface area (Å²) in [5.74, 6) is 0.639. The van der Waals surface area contributed by atoms with Gasteiger partial charge in [-0.05, 0) is 68.2 Å². The van der Waals surface area contributed by atoms with Crippen molar-refractivity contribution in [2.75, 3.05) is 19.6 Å². The molecule has 5 heteroatoms. The van der Waals surface area contributed by atoms with Crippen LogP contribution in [0.25, 0.3) is 0 Å². The van der Waals surface area contributed by atoms with E-state index in [0.717, 1.165) is 31.0 Å². The smallest absolute Gasteiger partial charge is 0.115 e. The third kappa shape index (κ3) is 12.6. The molecule has 0 heterocycles. The van der Waals surface area contributed by atoms with Crippen LogP contribution in [0.15, 0.2) is 53.4 Å². The van der Waals surface area contributed by atoms with Gasteiger partial charge < -0.3 is 15.9 Å². The van der Waals surface area contributed by atoms with Crippen molar-refractivity contribution in [3.05, 3.63) is 54.1 Å². The van der Waals surface area contributed by atoms with E-state index >= 15 is 0 Å². The van der Waals surface area contributed by atoms with Crippen LogP contribution in [0, 0.1) is 6.92 Å². The van der Waals surface area contributed by atoms with Crippen molar-refractivity contribution in [3.63, 3.8) is 0 Å². The maximum Gasteiger partial charge on any atom is 0.115 e. The van der Waals surface area contributed by atoms with Crippen LogP contribution >= 0.6 is 11.9 Å². The number of hydrogen-bond acceptors (Lipinski definition) is 5. The first kappa shape index (κ1) is 24.3. The van der Waals surface area contributed by atoms with E-state index in [1.165, 1.54) is 12.0 Å². The van der Waals surface area contributed by atoms with Gasteiger partial charge in [-0.15, -0.1) is 0 Å². The molecule has 146 valence electrons. The van der Waals surface area contributed by atoms with Crippen molar-refractivity contribution in [3.8, 4) is 11.5 Å². The van der Waals surface area contributed by atoms with Gasteiger partial charge >= 0.3 is 0 Å². The number of benzene rings is 2. The molecule has 0 amide bonds. The van der Waals surface area contributed by atoms with Gasteiger partial charge in [0, 0.05) is 18.0 Å². The molecular weight excluding hydrogens is 344 g/mol. The van der Waals surface area contributed by atoms with E-state index < -0.39 is 0 Å². The molecule has 0 fully saturated rings. The third-order valence-corrected chi connectivity index (χ3v) is 4.25. The Morgan fingerprint density at radius 2 is 1.35 bits per heavy atom. The summed E-state index contributed by atoms with van der Waals surface area (Å²) < 4.78 is 2.26. The van der Waals surface area contributed by atoms with Gasteiger partial charge in [0.1, 0.15) is 11.5 Å². The fourth-order valence-corrected chi connectivity index (χ4v) is 2.64. The molecule has 0 saturated carbocycles. The van der Waals surface area contributed by atoms with Gasteiger partial charge in [-0.1, -0.05) is 44.9 Å². The Morgan fingerprint density at radius 1 is 0.885 bits per heavy atom. The molecule has 2 rings (SSSR count). The summed E-state index contributed by atoms with van der Waals surface area (Å²) >= 11 is 1.70. The van der Waals surface area contributed by atoms with Crippen LogP contribution in [0.1, 0.15) is 39.2 Å². The van der Waals surface area contributed by atoms with Crippen LogP contribution in [0.5, 0.6) is 11.5 Å². The molecule has 4 N–H and O–H groups in total. The molecule has 2 aromatic rings. The Morgan fingerprint density at radius 3 is 1.73 bits per heavy atom. The molecule has 0 bridgehead atoms. The molecule has 0 atom stereocenters. The molecule has 0 unspecified atom stereocenters. The minimum absolute atomic E-state index is 0.310. The number of aromatic hydroxyl groups is 2. The lowest BCUT2D eigenvalue weighted by Crippen LogP contribution is -2.18. The molecule has 0 aliphatic carbocycles. The molecular formula is C21H34N2O2S. The zero-order valence-electron chi connectivity index (χ0n) is 16.5. The van der Waals surface area contributed by atoms with E-state index in [9.17, 15) is 0 Å². The third-order valence-electron chi connectivity index (χ3n) is 3.07. The second kappa shape index (κ2) is 15.6. The number of phenols is 2. The van der Waals surface area contributed by atoms with E-state index in [4.69, 9.17) is 15.9 Å². The molecule has 4 nitrogen and oxygen atoms in total. The zero-order chi connectivity index (χ0) is 19.8. The summed E-state index contributed by atoms with van der Waals surface area (Å²) in [6, 6.07) is 14.4. The first-order chi connectivity index (χ1) is 12.5. The minimum Gasteiger partial charge on any atom is -0.508 e. The van der Waals surface area contributed by atoms with E-state index in [1.54, 1.807) is 36.2 Å². The first-order valence-corrected chi connectivity index (χ1v) is 9.91. The Hall–Kier alpha value is -1.69. The van der Waals surface area contributed by atoms with Gasteiger partial charge in [0.25, 0.3) is 0 Å². The highest BCUT2D eigenvalue weighted by Gasteiger charge is 2.03. The summed E-state index contributed by atoms with van der Waals surface area (Å²) in [5.41, 5.74) is 6.65. The number of phenolic OH excluding ortho intramolecular Hbond substituents is 2. The first-order valence-electron chi connectivity index (χ1n) is 9.14. The Bertz CT molecular complexity index is 538. The lowest BCUT2D eigenvalue weighted by atomic mass is 10.2. The van der Waals surface area contributed by atoms with Crippen LogP contribution in [-0.2, 0) is 0 Å². The molecule has 0 aromatic heterocycles. The summed E-state index contributed by atoms with van der Waals surface area (Å²) in [7, 11) is 0. The average molecular weight is 379 g/mol. The molecule has 0 radical (unpaired) electrons. The Kier molecular flexibility index (Phi) is 14.5. The topological polar surface area (TPSA) is 69.7 Å². The predicted molar refractivity (Wildman–Crippen MR) is 114 cm³/mol. The van der Waals surface area contributed by atoms with Gasteiger partial charge in [-0.2, -0.15) is 0 Å². The summed E-state index contributed by atoms with van der Waals surface area (Å²) in [5, 5.41) is 17.9. The van der Waals surface area contributed by atoms with Crippen molar-refractivity contribution >= 4 is 11.9 Å². The van der Waals surface area contributed by atoms with Crippen LogP contribution in [0.4, 0.5) is 0 Å². The maximum atomic E-state index is 9.15. The number of nitrogens with zero attached hydrogens (tertiary/aromatic N) is 1. The number of hydrogen-bond donors (Lipinski definition) is 3. The van der Waals surface area contributed by atoms with Crippen LogP contribution in [-0.4, -0.2) is 34.2 Å². The van der Waals surface area contributed by atoms with E-state index in [0.29, 0.717) is 11.5 Å². The molecule has 26 heavy (non-hydrogen) atoms. The molecule has 0 spiro atoms. The second-order valence-corrected chi connectivity index (χ2v) is 6.96. The summed E-state index contributed by atoms with van der Waals surface area (Å²) in [6.07, 6.45) is 2.26. The van der Waals surface area contributed by atoms with Crippen molar-refractivity contribution in [2.45, 2.75) is 45.4 Å². The second-order valence-electron chi connectivity index (χ2n) is 5.79. The van der Waals surface area contributed by atoms with Crippen molar-refractivity contribution in [2.24, 2.45) is 5.73 Å². The highest BCUT2D eigenvalue weighted by molar-refractivity contribution is 7.97. The lowest BCUT2D eigenvalue weighted by molar-refractivity contribution is 0.474. The number of rotatable bonds is 6. The molecule has 2 aromatic carbocycles. The number of aryl methyl sites for hydroxylation is 1. The van der Waals surface area contributed by atoms with Crippen molar-refractivity contribution in [1.29, 1.82) is 0 Å². The summed E-state index contributed by atoms with van der Waals surface area (Å²) in [4.78, 5) is 1.15. The lowest BCUT2D eigenvalue weighted by Gasteiger charge is -2.18. The quantitative estimate of drug-likeness (QED) is 0.604. The maximum absolute atomic E-state index is 9.15. The average Bonchev–Trinajstić information content (AvgIpc) is 2.64. The SMILES string of the molecule is CCC.CCN(CCCN)Sc1ccc(O)cc1.Cc1ccc(O)cc1. The van der Waals surface area contributed by atoms with Gasteiger partial charge in [-0.25, -0.2) is 4.31 Å². The van der Waals surface area contributed by atoms with Crippen molar-refractivity contribution < 1.29 is 10.2 Å². The zero-order valence-corrected chi connectivity index (χ0v) is 17.3. The predicted octanol–water partition coefficient (Wildman–Crippen LogP) is 5.19. The van der Waals surface area contributed by atoms with Crippen LogP contribution < -0.4 is 5.73 Å². The van der Waals surface area contributed by atoms with Gasteiger partial charge in [-0.3, -0.25) is 0 Å². The Labute approximate surface area is 163 Å². The van der Waals surface area contributed by atoms with Crippen LogP contribution in [0.3, 0.4) is 0 Å². The Balaban J connectivity index is 0.000000474. The van der Waals surface area contributed by atoms with E-state index in [-0.39, 0.29) is 0 Å². The molecule has 0 aliphatic rings. The van der Waals surface area contributed by atoms with Gasteiger partial charge in [0.2, 0.25) is 0 Å². The van der Waals surface area contributed by atoms with E-state index in [1.807, 2.05) is 31.2 Å². The van der Waals surface area contributed by atoms with Crippen LogP contribution in [0.2, 0.25) is 0 Å². The van der Waals surface area contributed by atoms with E-state index in [2.05, 4.69) is 25.1 Å². The highest BCUT2D eigenvalue weighted by Crippen LogP contribution is 2.24. The molecule has 0 saturated heterocycles. The minimum atomic E-state index is 0.310. The van der Waals surface area contributed by atoms with Crippen molar-refractivity contribution in [1.82, 2.24) is 4.31 Å². The fraction of sp³-hybridized carbons (Fsp3) is 0.429. The van der Waals surface area contributed by atoms with Gasteiger partial charge in [0.15, 0.2) is 0 Å². The summed E-state index contributed by atoms with van der Waals surface area (Å²) in [6.45, 7) is 11.1. The highest BCUT2D eigenvalue weighted by atomic mass is 32.2. The largest absolute Gasteiger partial charge is 0.508 e.